The fourth-order valence-corrected chi connectivity index (χ4v) is 2.46. The monoisotopic (exact) mass is 359 g/mol. The minimum absolute atomic E-state index is 0.337. The van der Waals surface area contributed by atoms with Gasteiger partial charge in [0.2, 0.25) is 0 Å². The standard InChI is InChI=1S/C16H26BrNO3/c1-4-18-13(2)14-6-7-16(15(17)12-14)21-11-10-20-9-5-8-19-3/h6-7,12-13,18H,4-5,8-11H2,1-3H3. The molecule has 120 valence electrons. The summed E-state index contributed by atoms with van der Waals surface area (Å²) < 4.78 is 17.1. The van der Waals surface area contributed by atoms with Gasteiger partial charge in [0.15, 0.2) is 0 Å². The fraction of sp³-hybridized carbons (Fsp3) is 0.625. The van der Waals surface area contributed by atoms with E-state index < -0.39 is 0 Å². The highest BCUT2D eigenvalue weighted by Crippen LogP contribution is 2.28. The summed E-state index contributed by atoms with van der Waals surface area (Å²) in [5.41, 5.74) is 1.24. The molecular formula is C16H26BrNO3. The molecule has 0 amide bonds. The van der Waals surface area contributed by atoms with Crippen molar-refractivity contribution in [3.05, 3.63) is 28.2 Å². The first kappa shape index (κ1) is 18.4. The minimum Gasteiger partial charge on any atom is -0.490 e. The highest BCUT2D eigenvalue weighted by atomic mass is 79.9. The maximum atomic E-state index is 5.71. The largest absolute Gasteiger partial charge is 0.490 e. The predicted octanol–water partition coefficient (Wildman–Crippen LogP) is 3.55. The van der Waals surface area contributed by atoms with E-state index in [-0.39, 0.29) is 0 Å². The van der Waals surface area contributed by atoms with Crippen molar-refractivity contribution in [3.8, 4) is 5.75 Å². The Balaban J connectivity index is 2.32. The van der Waals surface area contributed by atoms with Crippen LogP contribution in [0.4, 0.5) is 0 Å². The van der Waals surface area contributed by atoms with E-state index in [1.54, 1.807) is 7.11 Å². The summed E-state index contributed by atoms with van der Waals surface area (Å²) in [7, 11) is 1.70. The van der Waals surface area contributed by atoms with Crippen LogP contribution in [0.25, 0.3) is 0 Å². The number of hydrogen-bond donors (Lipinski definition) is 1. The first-order chi connectivity index (χ1) is 10.2. The second-order valence-corrected chi connectivity index (χ2v) is 5.63. The van der Waals surface area contributed by atoms with Crippen LogP contribution in [-0.2, 0) is 9.47 Å². The van der Waals surface area contributed by atoms with Gasteiger partial charge in [0.05, 0.1) is 11.1 Å². The molecule has 1 rings (SSSR count). The molecular weight excluding hydrogens is 334 g/mol. The molecule has 0 bridgehead atoms. The van der Waals surface area contributed by atoms with Crippen LogP contribution < -0.4 is 10.1 Å². The number of methoxy groups -OCH3 is 1. The van der Waals surface area contributed by atoms with Crippen molar-refractivity contribution in [2.24, 2.45) is 0 Å². The lowest BCUT2D eigenvalue weighted by molar-refractivity contribution is 0.0805. The molecule has 1 aromatic carbocycles. The van der Waals surface area contributed by atoms with Crippen molar-refractivity contribution in [2.75, 3.05) is 40.1 Å². The summed E-state index contributed by atoms with van der Waals surface area (Å²) in [6.07, 6.45) is 0.914. The Morgan fingerprint density at radius 2 is 2.00 bits per heavy atom. The molecule has 5 heteroatoms. The van der Waals surface area contributed by atoms with E-state index in [1.165, 1.54) is 5.56 Å². The zero-order valence-corrected chi connectivity index (χ0v) is 14.7. The van der Waals surface area contributed by atoms with Gasteiger partial charge in [-0.15, -0.1) is 0 Å². The van der Waals surface area contributed by atoms with Gasteiger partial charge in [0, 0.05) is 26.4 Å². The third-order valence-corrected chi connectivity index (χ3v) is 3.71. The molecule has 0 heterocycles. The molecule has 0 fully saturated rings. The van der Waals surface area contributed by atoms with Crippen molar-refractivity contribution < 1.29 is 14.2 Å². The molecule has 1 atom stereocenters. The van der Waals surface area contributed by atoms with Gasteiger partial charge in [0.25, 0.3) is 0 Å². The first-order valence-electron chi connectivity index (χ1n) is 7.41. The highest BCUT2D eigenvalue weighted by Gasteiger charge is 2.07. The van der Waals surface area contributed by atoms with Gasteiger partial charge >= 0.3 is 0 Å². The summed E-state index contributed by atoms with van der Waals surface area (Å²) in [6, 6.07) is 6.53. The van der Waals surface area contributed by atoms with Crippen LogP contribution in [0, 0.1) is 0 Å². The van der Waals surface area contributed by atoms with Crippen LogP contribution in [0.2, 0.25) is 0 Å². The summed E-state index contributed by atoms with van der Waals surface area (Å²) in [6.45, 7) is 7.79. The van der Waals surface area contributed by atoms with Gasteiger partial charge in [-0.1, -0.05) is 13.0 Å². The Morgan fingerprint density at radius 1 is 1.19 bits per heavy atom. The van der Waals surface area contributed by atoms with E-state index in [0.717, 1.165) is 29.8 Å². The molecule has 1 N–H and O–H groups in total. The third kappa shape index (κ3) is 7.27. The summed E-state index contributed by atoms with van der Waals surface area (Å²) in [5.74, 6) is 0.850. The van der Waals surface area contributed by atoms with Gasteiger partial charge in [-0.05, 0) is 53.5 Å². The molecule has 0 spiro atoms. The van der Waals surface area contributed by atoms with E-state index in [1.807, 2.05) is 6.07 Å². The molecule has 1 aromatic rings. The average Bonchev–Trinajstić information content (AvgIpc) is 2.48. The SMILES string of the molecule is CCNC(C)c1ccc(OCCOCCCOC)c(Br)c1. The first-order valence-corrected chi connectivity index (χ1v) is 8.20. The van der Waals surface area contributed by atoms with E-state index in [2.05, 4.69) is 47.2 Å². The Labute approximate surface area is 136 Å². The molecule has 0 aliphatic heterocycles. The Kier molecular flexibility index (Phi) is 9.67. The van der Waals surface area contributed by atoms with Crippen LogP contribution in [0.3, 0.4) is 0 Å². The minimum atomic E-state index is 0.337. The van der Waals surface area contributed by atoms with Crippen LogP contribution in [0.15, 0.2) is 22.7 Å². The smallest absolute Gasteiger partial charge is 0.133 e. The Bertz CT molecular complexity index is 401. The number of hydrogen-bond acceptors (Lipinski definition) is 4. The van der Waals surface area contributed by atoms with Gasteiger partial charge < -0.3 is 19.5 Å². The van der Waals surface area contributed by atoms with Gasteiger partial charge in [0.1, 0.15) is 12.4 Å². The molecule has 0 saturated heterocycles. The molecule has 0 aromatic heterocycles. The normalized spacial score (nSPS) is 12.4. The predicted molar refractivity (Wildman–Crippen MR) is 89.0 cm³/mol. The van der Waals surface area contributed by atoms with Crippen LogP contribution in [-0.4, -0.2) is 40.1 Å². The zero-order chi connectivity index (χ0) is 15.5. The van der Waals surface area contributed by atoms with Crippen LogP contribution >= 0.6 is 15.9 Å². The van der Waals surface area contributed by atoms with Crippen molar-refractivity contribution in [3.63, 3.8) is 0 Å². The maximum Gasteiger partial charge on any atom is 0.133 e. The average molecular weight is 360 g/mol. The lowest BCUT2D eigenvalue weighted by Gasteiger charge is -2.15. The summed E-state index contributed by atoms with van der Waals surface area (Å²) in [5, 5.41) is 3.39. The maximum absolute atomic E-state index is 5.71. The van der Waals surface area contributed by atoms with E-state index in [9.17, 15) is 0 Å². The van der Waals surface area contributed by atoms with Crippen LogP contribution in [0.5, 0.6) is 5.75 Å². The fourth-order valence-electron chi connectivity index (χ4n) is 1.95. The number of halogens is 1. The molecule has 0 saturated carbocycles. The number of nitrogens with one attached hydrogen (secondary N) is 1. The quantitative estimate of drug-likeness (QED) is 0.613. The summed E-state index contributed by atoms with van der Waals surface area (Å²) >= 11 is 3.56. The number of rotatable bonds is 11. The third-order valence-electron chi connectivity index (χ3n) is 3.09. The highest BCUT2D eigenvalue weighted by molar-refractivity contribution is 9.10. The van der Waals surface area contributed by atoms with E-state index in [0.29, 0.717) is 25.9 Å². The van der Waals surface area contributed by atoms with Crippen molar-refractivity contribution in [1.82, 2.24) is 5.32 Å². The lowest BCUT2D eigenvalue weighted by Crippen LogP contribution is -2.17. The zero-order valence-electron chi connectivity index (χ0n) is 13.2. The second kappa shape index (κ2) is 11.0. The Morgan fingerprint density at radius 3 is 2.67 bits per heavy atom. The topological polar surface area (TPSA) is 39.7 Å². The van der Waals surface area contributed by atoms with Crippen molar-refractivity contribution >= 4 is 15.9 Å². The Hall–Kier alpha value is -0.620. The van der Waals surface area contributed by atoms with Crippen LogP contribution in [0.1, 0.15) is 31.9 Å². The van der Waals surface area contributed by atoms with Crippen molar-refractivity contribution in [2.45, 2.75) is 26.3 Å². The van der Waals surface area contributed by atoms with Gasteiger partial charge in [-0.2, -0.15) is 0 Å². The molecule has 1 unspecified atom stereocenters. The molecule has 4 nitrogen and oxygen atoms in total. The molecule has 21 heavy (non-hydrogen) atoms. The lowest BCUT2D eigenvalue weighted by atomic mass is 10.1. The van der Waals surface area contributed by atoms with E-state index in [4.69, 9.17) is 14.2 Å². The molecule has 0 aliphatic carbocycles. The summed E-state index contributed by atoms with van der Waals surface area (Å²) in [4.78, 5) is 0. The van der Waals surface area contributed by atoms with Gasteiger partial charge in [-0.3, -0.25) is 0 Å². The van der Waals surface area contributed by atoms with Gasteiger partial charge in [-0.25, -0.2) is 0 Å². The van der Waals surface area contributed by atoms with E-state index >= 15 is 0 Å². The second-order valence-electron chi connectivity index (χ2n) is 4.78. The number of benzene rings is 1. The molecule has 0 radical (unpaired) electrons. The van der Waals surface area contributed by atoms with Crippen molar-refractivity contribution in [1.29, 1.82) is 0 Å². The molecule has 0 aliphatic rings. The number of ether oxygens (including phenoxy) is 3.